The number of nitrogens with one attached hydrogen (secondary N) is 2. The first kappa shape index (κ1) is 30.1. The van der Waals surface area contributed by atoms with Crippen LogP contribution in [0.3, 0.4) is 0 Å². The van der Waals surface area contributed by atoms with Crippen LogP contribution in [0.1, 0.15) is 65.3 Å². The summed E-state index contributed by atoms with van der Waals surface area (Å²) in [5.74, 6) is 0. The third kappa shape index (κ3) is 11.0. The number of fused-ring (bicyclic) bond motifs is 1. The fraction of sp³-hybridized carbons (Fsp3) is 0.609. The summed E-state index contributed by atoms with van der Waals surface area (Å²) in [6, 6.07) is 7.72. The van der Waals surface area contributed by atoms with Crippen molar-refractivity contribution in [2.45, 2.75) is 65.7 Å². The Kier molecular flexibility index (Phi) is 17.1. The van der Waals surface area contributed by atoms with Gasteiger partial charge in [0.15, 0.2) is 10.2 Å². The van der Waals surface area contributed by atoms with Crippen LogP contribution in [0.25, 0.3) is 10.2 Å². The number of hydrogen-bond acceptors (Lipinski definition) is 6. The summed E-state index contributed by atoms with van der Waals surface area (Å²) in [5.41, 5.74) is -0.110. The molecular formula is C23H39N3O2S3. The van der Waals surface area contributed by atoms with Crippen molar-refractivity contribution < 1.29 is 9.59 Å². The molecule has 1 heterocycles. The molecule has 0 saturated carbocycles. The normalized spacial score (nSPS) is 12.2. The minimum atomic E-state index is -0.957. The van der Waals surface area contributed by atoms with Gasteiger partial charge in [0, 0.05) is 6.42 Å². The summed E-state index contributed by atoms with van der Waals surface area (Å²) in [4.78, 5) is 28.4. The average molecular weight is 486 g/mol. The Bertz CT molecular complexity index is 724. The van der Waals surface area contributed by atoms with E-state index >= 15 is 0 Å². The number of thiol groups is 2. The van der Waals surface area contributed by atoms with Crippen molar-refractivity contribution in [3.63, 3.8) is 0 Å². The Morgan fingerprint density at radius 1 is 0.968 bits per heavy atom. The van der Waals surface area contributed by atoms with E-state index in [0.717, 1.165) is 49.2 Å². The maximum atomic E-state index is 12.2. The number of rotatable bonds is 11. The van der Waals surface area contributed by atoms with Gasteiger partial charge in [-0.1, -0.05) is 59.6 Å². The number of unbranched alkanes of at least 4 members (excludes halogenated alkanes) is 1. The molecule has 2 aromatic rings. The Hall–Kier alpha value is -0.930. The van der Waals surface area contributed by atoms with E-state index < -0.39 is 5.41 Å². The number of nitrogens with zero attached hydrogens (tertiary/aromatic N) is 1. The molecule has 8 heteroatoms. The number of aromatic nitrogens is 1. The standard InChI is InChI=1S/C15H17NO2S3.2C4H11N/c1-2-3-8-15(14(18)20,9-12(17)19)13-16-10-6-4-5-7-11(10)21-13;2*1-3-5-4-2/h4-7H,2-3,8-9H2,1H3,(H,17,19)(H,18,20);2*5H,3-4H2,1-2H3. The van der Waals surface area contributed by atoms with Gasteiger partial charge in [0.25, 0.3) is 0 Å². The summed E-state index contributed by atoms with van der Waals surface area (Å²) in [7, 11) is 0. The van der Waals surface area contributed by atoms with Gasteiger partial charge in [-0.25, -0.2) is 4.98 Å². The highest BCUT2D eigenvalue weighted by Crippen LogP contribution is 2.40. The molecule has 1 aromatic heterocycles. The lowest BCUT2D eigenvalue weighted by molar-refractivity contribution is -0.120. The molecule has 0 aliphatic carbocycles. The summed E-state index contributed by atoms with van der Waals surface area (Å²) in [5, 5.41) is 6.27. The predicted molar refractivity (Wildman–Crippen MR) is 142 cm³/mol. The molecule has 31 heavy (non-hydrogen) atoms. The van der Waals surface area contributed by atoms with Gasteiger partial charge in [-0.05, 0) is 44.7 Å². The van der Waals surface area contributed by atoms with Crippen molar-refractivity contribution in [3.05, 3.63) is 29.3 Å². The third-order valence-electron chi connectivity index (χ3n) is 4.52. The molecule has 2 rings (SSSR count). The lowest BCUT2D eigenvalue weighted by Gasteiger charge is -2.27. The molecule has 1 unspecified atom stereocenters. The van der Waals surface area contributed by atoms with Crippen LogP contribution >= 0.6 is 36.6 Å². The van der Waals surface area contributed by atoms with Crippen LogP contribution in [0.15, 0.2) is 24.3 Å². The maximum absolute atomic E-state index is 12.2. The van der Waals surface area contributed by atoms with Gasteiger partial charge in [-0.15, -0.1) is 36.6 Å². The van der Waals surface area contributed by atoms with Gasteiger partial charge in [0.1, 0.15) is 5.01 Å². The summed E-state index contributed by atoms with van der Waals surface area (Å²) >= 11 is 9.39. The average Bonchev–Trinajstić information content (AvgIpc) is 3.17. The monoisotopic (exact) mass is 485 g/mol. The fourth-order valence-electron chi connectivity index (χ4n) is 2.86. The fourth-order valence-corrected chi connectivity index (χ4v) is 4.68. The quantitative estimate of drug-likeness (QED) is 0.327. The molecule has 5 nitrogen and oxygen atoms in total. The highest BCUT2D eigenvalue weighted by atomic mass is 32.1. The van der Waals surface area contributed by atoms with Crippen LogP contribution in [0.4, 0.5) is 0 Å². The summed E-state index contributed by atoms with van der Waals surface area (Å²) in [6.07, 6.45) is 2.38. The van der Waals surface area contributed by atoms with Crippen LogP contribution < -0.4 is 10.6 Å². The summed E-state index contributed by atoms with van der Waals surface area (Å²) < 4.78 is 1.01. The lowest BCUT2D eigenvalue weighted by Crippen LogP contribution is -2.34. The molecule has 0 saturated heterocycles. The van der Waals surface area contributed by atoms with E-state index in [1.807, 2.05) is 24.3 Å². The topological polar surface area (TPSA) is 71.1 Å². The molecule has 176 valence electrons. The van der Waals surface area contributed by atoms with E-state index in [9.17, 15) is 9.59 Å². The third-order valence-corrected chi connectivity index (χ3v) is 6.35. The highest BCUT2D eigenvalue weighted by Gasteiger charge is 2.42. The molecule has 1 aromatic carbocycles. The van der Waals surface area contributed by atoms with Crippen LogP contribution in [0, 0.1) is 0 Å². The van der Waals surface area contributed by atoms with E-state index in [2.05, 4.69) is 75.5 Å². The first-order chi connectivity index (χ1) is 14.8. The minimum Gasteiger partial charge on any atom is -0.317 e. The van der Waals surface area contributed by atoms with Crippen molar-refractivity contribution in [1.82, 2.24) is 15.6 Å². The lowest BCUT2D eigenvalue weighted by atomic mass is 9.81. The van der Waals surface area contributed by atoms with Crippen molar-refractivity contribution >= 4 is 57.0 Å². The predicted octanol–water partition coefficient (Wildman–Crippen LogP) is 5.26. The van der Waals surface area contributed by atoms with Gasteiger partial charge >= 0.3 is 0 Å². The molecule has 0 amide bonds. The Labute approximate surface area is 203 Å². The van der Waals surface area contributed by atoms with Gasteiger partial charge in [0.2, 0.25) is 0 Å². The second-order valence-electron chi connectivity index (χ2n) is 6.96. The van der Waals surface area contributed by atoms with Crippen molar-refractivity contribution in [2.24, 2.45) is 0 Å². The van der Waals surface area contributed by atoms with E-state index in [1.54, 1.807) is 0 Å². The van der Waals surface area contributed by atoms with E-state index in [0.29, 0.717) is 11.4 Å². The van der Waals surface area contributed by atoms with Crippen molar-refractivity contribution in [3.8, 4) is 0 Å². The van der Waals surface area contributed by atoms with Gasteiger partial charge < -0.3 is 10.6 Å². The highest BCUT2D eigenvalue weighted by molar-refractivity contribution is 7.97. The van der Waals surface area contributed by atoms with Crippen molar-refractivity contribution in [1.29, 1.82) is 0 Å². The second kappa shape index (κ2) is 17.6. The zero-order valence-electron chi connectivity index (χ0n) is 19.5. The number of carbonyl (C=O) groups is 2. The molecule has 0 spiro atoms. The largest absolute Gasteiger partial charge is 0.317 e. The molecule has 0 bridgehead atoms. The molecular weight excluding hydrogens is 446 g/mol. The van der Waals surface area contributed by atoms with Crippen LogP contribution in [-0.4, -0.2) is 41.4 Å². The number of thiazole rings is 1. The number of carbonyl (C=O) groups excluding carboxylic acids is 2. The molecule has 0 fully saturated rings. The van der Waals surface area contributed by atoms with Gasteiger partial charge in [-0.2, -0.15) is 0 Å². The number of para-hydroxylation sites is 1. The van der Waals surface area contributed by atoms with Gasteiger partial charge in [0.05, 0.1) is 15.6 Å². The first-order valence-corrected chi connectivity index (χ1v) is 12.8. The first-order valence-electron chi connectivity index (χ1n) is 11.0. The SMILES string of the molecule is CCCCC(CC(=O)S)(C(=O)S)c1nc2ccccc2s1.CCNCC.CCNCC. The second-order valence-corrected chi connectivity index (χ2v) is 8.90. The zero-order chi connectivity index (χ0) is 23.7. The molecule has 1 atom stereocenters. The van der Waals surface area contributed by atoms with Crippen molar-refractivity contribution in [2.75, 3.05) is 26.2 Å². The Morgan fingerprint density at radius 2 is 1.52 bits per heavy atom. The smallest absolute Gasteiger partial charge is 0.199 e. The summed E-state index contributed by atoms with van der Waals surface area (Å²) in [6.45, 7) is 14.8. The molecule has 0 aliphatic heterocycles. The molecule has 0 aliphatic rings. The minimum absolute atomic E-state index is 0.0399. The van der Waals surface area contributed by atoms with Crippen LogP contribution in [0.5, 0.6) is 0 Å². The van der Waals surface area contributed by atoms with E-state index in [-0.39, 0.29) is 16.7 Å². The maximum Gasteiger partial charge on any atom is 0.199 e. The molecule has 0 radical (unpaired) electrons. The molecule has 2 N–H and O–H groups in total. The van der Waals surface area contributed by atoms with Crippen LogP contribution in [0.2, 0.25) is 0 Å². The Balaban J connectivity index is 0.000000752. The van der Waals surface area contributed by atoms with Gasteiger partial charge in [-0.3, -0.25) is 9.59 Å². The zero-order valence-corrected chi connectivity index (χ0v) is 22.1. The van der Waals surface area contributed by atoms with Crippen LogP contribution in [-0.2, 0) is 15.0 Å². The number of benzene rings is 1. The van der Waals surface area contributed by atoms with E-state index in [1.165, 1.54) is 11.3 Å². The Morgan fingerprint density at radius 3 is 1.90 bits per heavy atom. The number of hydrogen-bond donors (Lipinski definition) is 4. The van der Waals surface area contributed by atoms with E-state index in [4.69, 9.17) is 0 Å².